The van der Waals surface area contributed by atoms with Crippen molar-refractivity contribution in [1.29, 1.82) is 0 Å². The van der Waals surface area contributed by atoms with Crippen LogP contribution in [0.2, 0.25) is 0 Å². The molecule has 1 N–H and O–H groups in total. The molecule has 0 aliphatic carbocycles. The van der Waals surface area contributed by atoms with Crippen molar-refractivity contribution in [3.63, 3.8) is 0 Å². The molecule has 0 aliphatic heterocycles. The number of aromatic nitrogens is 4. The topological polar surface area (TPSA) is 81.8 Å². The van der Waals surface area contributed by atoms with Gasteiger partial charge in [-0.2, -0.15) is 5.10 Å². The summed E-state index contributed by atoms with van der Waals surface area (Å²) in [5.41, 5.74) is 2.29. The molecule has 0 saturated carbocycles. The van der Waals surface area contributed by atoms with E-state index in [9.17, 15) is 9.59 Å². The van der Waals surface area contributed by atoms with Gasteiger partial charge in [-0.05, 0) is 50.5 Å². The van der Waals surface area contributed by atoms with E-state index in [-0.39, 0.29) is 23.4 Å². The molecule has 1 amide bonds. The molecule has 34 heavy (non-hydrogen) atoms. The van der Waals surface area contributed by atoms with Crippen molar-refractivity contribution in [3.05, 3.63) is 76.7 Å². The molecule has 0 saturated heterocycles. The summed E-state index contributed by atoms with van der Waals surface area (Å²) >= 11 is 1.27. The minimum absolute atomic E-state index is 0.119. The number of rotatable bonds is 7. The van der Waals surface area contributed by atoms with E-state index in [0.29, 0.717) is 21.9 Å². The Kier molecular flexibility index (Phi) is 6.88. The lowest BCUT2D eigenvalue weighted by Crippen LogP contribution is -2.27. The number of anilines is 1. The zero-order valence-corrected chi connectivity index (χ0v) is 20.8. The van der Waals surface area contributed by atoms with Crippen LogP contribution in [0.1, 0.15) is 52.1 Å². The van der Waals surface area contributed by atoms with E-state index >= 15 is 0 Å². The van der Waals surface area contributed by atoms with Crippen LogP contribution in [0.4, 0.5) is 5.82 Å². The predicted octanol–water partition coefficient (Wildman–Crippen LogP) is 5.41. The Hall–Kier alpha value is -3.39. The maximum atomic E-state index is 13.6. The maximum absolute atomic E-state index is 13.6. The average molecular weight is 476 g/mol. The molecule has 4 rings (SSSR count). The monoisotopic (exact) mass is 475 g/mol. The van der Waals surface area contributed by atoms with E-state index in [2.05, 4.69) is 24.3 Å². The van der Waals surface area contributed by atoms with Crippen molar-refractivity contribution in [3.8, 4) is 5.69 Å². The smallest absolute Gasteiger partial charge is 0.266 e. The summed E-state index contributed by atoms with van der Waals surface area (Å²) < 4.78 is 3.41. The predicted molar refractivity (Wildman–Crippen MR) is 138 cm³/mol. The second-order valence-corrected chi connectivity index (χ2v) is 10.1. The largest absolute Gasteiger partial charge is 0.310 e. The second kappa shape index (κ2) is 9.85. The molecule has 0 fully saturated rings. The molecule has 2 aromatic heterocycles. The van der Waals surface area contributed by atoms with Gasteiger partial charge in [-0.15, -0.1) is 0 Å². The van der Waals surface area contributed by atoms with E-state index < -0.39 is 5.25 Å². The molecular weight excluding hydrogens is 446 g/mol. The normalized spacial score (nSPS) is 12.4. The molecule has 0 aliphatic rings. The van der Waals surface area contributed by atoms with Gasteiger partial charge in [0.1, 0.15) is 5.82 Å². The lowest BCUT2D eigenvalue weighted by molar-refractivity contribution is -0.115. The quantitative estimate of drug-likeness (QED) is 0.286. The van der Waals surface area contributed by atoms with Crippen LogP contribution in [-0.4, -0.2) is 30.5 Å². The van der Waals surface area contributed by atoms with Crippen molar-refractivity contribution in [1.82, 2.24) is 19.3 Å². The van der Waals surface area contributed by atoms with Crippen molar-refractivity contribution >= 4 is 34.4 Å². The van der Waals surface area contributed by atoms with E-state index in [1.54, 1.807) is 27.6 Å². The highest BCUT2D eigenvalue weighted by molar-refractivity contribution is 8.00. The first-order valence-electron chi connectivity index (χ1n) is 11.4. The van der Waals surface area contributed by atoms with Crippen LogP contribution < -0.4 is 10.9 Å². The summed E-state index contributed by atoms with van der Waals surface area (Å²) in [5.74, 6) is 0.671. The number of para-hydroxylation sites is 2. The third-order valence-electron chi connectivity index (χ3n) is 5.61. The number of carbonyl (C=O) groups excluding carboxylic acids is 1. The average Bonchev–Trinajstić information content (AvgIpc) is 3.28. The number of benzene rings is 2. The fourth-order valence-electron chi connectivity index (χ4n) is 3.85. The summed E-state index contributed by atoms with van der Waals surface area (Å²) in [6, 6.07) is 17.1. The van der Waals surface area contributed by atoms with Crippen LogP contribution in [-0.2, 0) is 4.79 Å². The fourth-order valence-corrected chi connectivity index (χ4v) is 4.77. The summed E-state index contributed by atoms with van der Waals surface area (Å²) in [4.78, 5) is 31.5. The van der Waals surface area contributed by atoms with Gasteiger partial charge in [-0.1, -0.05) is 55.9 Å². The Morgan fingerprint density at radius 2 is 1.68 bits per heavy atom. The van der Waals surface area contributed by atoms with Crippen molar-refractivity contribution in [2.45, 2.75) is 57.0 Å². The SMILES string of the molecule is CC(Sc1nc2ccccc2c(=O)n1-c1ccccc1C(C)C)C(=O)Nc1ccnn1C(C)C. The third-order valence-corrected chi connectivity index (χ3v) is 6.66. The van der Waals surface area contributed by atoms with Gasteiger partial charge in [0.2, 0.25) is 5.91 Å². The molecule has 1 atom stereocenters. The highest BCUT2D eigenvalue weighted by atomic mass is 32.2. The van der Waals surface area contributed by atoms with E-state index in [1.165, 1.54) is 11.8 Å². The van der Waals surface area contributed by atoms with Crippen molar-refractivity contribution in [2.24, 2.45) is 0 Å². The lowest BCUT2D eigenvalue weighted by atomic mass is 10.0. The molecule has 0 bridgehead atoms. The Morgan fingerprint density at radius 1 is 0.971 bits per heavy atom. The summed E-state index contributed by atoms with van der Waals surface area (Å²) in [5, 5.41) is 7.76. The number of fused-ring (bicyclic) bond motifs is 1. The van der Waals surface area contributed by atoms with Crippen LogP contribution in [0.15, 0.2) is 70.7 Å². The Bertz CT molecular complexity index is 1390. The molecule has 2 heterocycles. The van der Waals surface area contributed by atoms with Crippen molar-refractivity contribution in [2.75, 3.05) is 5.32 Å². The standard InChI is InChI=1S/C26H29N5O2S/c1-16(2)19-10-7-9-13-22(19)30-25(33)20-11-6-8-12-21(20)28-26(30)34-18(5)24(32)29-23-14-15-27-31(23)17(3)4/h6-18H,1-5H3,(H,29,32). The summed E-state index contributed by atoms with van der Waals surface area (Å²) in [6.07, 6.45) is 1.67. The van der Waals surface area contributed by atoms with Crippen LogP contribution in [0, 0.1) is 0 Å². The van der Waals surface area contributed by atoms with Gasteiger partial charge in [0.15, 0.2) is 5.16 Å². The van der Waals surface area contributed by atoms with E-state index in [0.717, 1.165) is 11.3 Å². The second-order valence-electron chi connectivity index (χ2n) is 8.77. The highest BCUT2D eigenvalue weighted by Crippen LogP contribution is 2.29. The first kappa shape index (κ1) is 23.8. The Morgan fingerprint density at radius 3 is 2.41 bits per heavy atom. The van der Waals surface area contributed by atoms with Crippen LogP contribution in [0.3, 0.4) is 0 Å². The van der Waals surface area contributed by atoms with Gasteiger partial charge in [0.05, 0.1) is 28.0 Å². The molecule has 8 heteroatoms. The number of nitrogens with one attached hydrogen (secondary N) is 1. The maximum Gasteiger partial charge on any atom is 0.266 e. The zero-order chi connectivity index (χ0) is 24.4. The number of thioether (sulfide) groups is 1. The van der Waals surface area contributed by atoms with Gasteiger partial charge in [-0.3, -0.25) is 14.2 Å². The zero-order valence-electron chi connectivity index (χ0n) is 20.0. The molecule has 176 valence electrons. The number of hydrogen-bond donors (Lipinski definition) is 1. The number of hydrogen-bond acceptors (Lipinski definition) is 5. The molecule has 0 spiro atoms. The molecular formula is C26H29N5O2S. The first-order valence-corrected chi connectivity index (χ1v) is 12.3. The van der Waals surface area contributed by atoms with E-state index in [4.69, 9.17) is 4.98 Å². The summed E-state index contributed by atoms with van der Waals surface area (Å²) in [7, 11) is 0. The minimum atomic E-state index is -0.499. The van der Waals surface area contributed by atoms with Gasteiger partial charge in [-0.25, -0.2) is 9.67 Å². The third kappa shape index (κ3) is 4.63. The first-order chi connectivity index (χ1) is 16.3. The molecule has 1 unspecified atom stereocenters. The highest BCUT2D eigenvalue weighted by Gasteiger charge is 2.23. The molecule has 0 radical (unpaired) electrons. The number of nitrogens with zero attached hydrogens (tertiary/aromatic N) is 4. The van der Waals surface area contributed by atoms with Crippen LogP contribution in [0.25, 0.3) is 16.6 Å². The van der Waals surface area contributed by atoms with Gasteiger partial charge in [0.25, 0.3) is 5.56 Å². The minimum Gasteiger partial charge on any atom is -0.310 e. The Labute approximate surface area is 203 Å². The Balaban J connectivity index is 1.76. The lowest BCUT2D eigenvalue weighted by Gasteiger charge is -2.20. The number of amides is 1. The molecule has 7 nitrogen and oxygen atoms in total. The van der Waals surface area contributed by atoms with Crippen molar-refractivity contribution < 1.29 is 4.79 Å². The van der Waals surface area contributed by atoms with Gasteiger partial charge >= 0.3 is 0 Å². The van der Waals surface area contributed by atoms with Crippen LogP contribution in [0.5, 0.6) is 0 Å². The summed E-state index contributed by atoms with van der Waals surface area (Å²) in [6.45, 7) is 10.0. The fraction of sp³-hybridized carbons (Fsp3) is 0.308. The van der Waals surface area contributed by atoms with Gasteiger partial charge in [0, 0.05) is 12.1 Å². The number of carbonyl (C=O) groups is 1. The van der Waals surface area contributed by atoms with E-state index in [1.807, 2.05) is 63.2 Å². The molecule has 4 aromatic rings. The molecule has 2 aromatic carbocycles. The van der Waals surface area contributed by atoms with Crippen LogP contribution >= 0.6 is 11.8 Å². The van der Waals surface area contributed by atoms with Gasteiger partial charge < -0.3 is 5.32 Å².